The smallest absolute Gasteiger partial charge is 0.178 e. The maximum absolute atomic E-state index is 11.6. The van der Waals surface area contributed by atoms with Crippen molar-refractivity contribution >= 4 is 17.5 Å². The van der Waals surface area contributed by atoms with Gasteiger partial charge in [0.1, 0.15) is 16.8 Å². The van der Waals surface area contributed by atoms with Crippen molar-refractivity contribution in [3.8, 4) is 6.07 Å². The fourth-order valence-corrected chi connectivity index (χ4v) is 3.51. The topological polar surface area (TPSA) is 100 Å². The summed E-state index contributed by atoms with van der Waals surface area (Å²) < 4.78 is 0. The number of rotatable bonds is 7. The van der Waals surface area contributed by atoms with Gasteiger partial charge in [0, 0.05) is 18.2 Å². The predicted octanol–water partition coefficient (Wildman–Crippen LogP) is 2.70. The van der Waals surface area contributed by atoms with Crippen LogP contribution in [0.3, 0.4) is 0 Å². The van der Waals surface area contributed by atoms with E-state index in [0.29, 0.717) is 22.7 Å². The minimum Gasteiger partial charge on any atom is -0.395 e. The van der Waals surface area contributed by atoms with Crippen molar-refractivity contribution in [2.24, 2.45) is 5.73 Å². The van der Waals surface area contributed by atoms with Crippen LogP contribution in [-0.4, -0.2) is 28.5 Å². The van der Waals surface area contributed by atoms with E-state index in [1.807, 2.05) is 30.3 Å². The van der Waals surface area contributed by atoms with E-state index in [1.54, 1.807) is 12.1 Å². The van der Waals surface area contributed by atoms with Crippen molar-refractivity contribution in [3.63, 3.8) is 0 Å². The van der Waals surface area contributed by atoms with Crippen molar-refractivity contribution in [3.05, 3.63) is 59.3 Å². The number of hydrogen-bond acceptors (Lipinski definition) is 6. The van der Waals surface area contributed by atoms with Crippen LogP contribution >= 0.6 is 11.8 Å². The summed E-state index contributed by atoms with van der Waals surface area (Å²) in [5.41, 5.74) is 7.69. The van der Waals surface area contributed by atoms with Crippen molar-refractivity contribution < 1.29 is 9.90 Å². The lowest BCUT2D eigenvalue weighted by Gasteiger charge is -2.20. The second-order valence-electron chi connectivity index (χ2n) is 5.41. The Morgan fingerprint density at radius 1 is 1.33 bits per heavy atom. The Morgan fingerprint density at radius 2 is 2.04 bits per heavy atom. The molecule has 0 spiro atoms. The summed E-state index contributed by atoms with van der Waals surface area (Å²) >= 11 is 1.39. The summed E-state index contributed by atoms with van der Waals surface area (Å²) in [4.78, 5) is 15.9. The lowest BCUT2D eigenvalue weighted by Crippen LogP contribution is -2.26. The maximum atomic E-state index is 11.6. The van der Waals surface area contributed by atoms with Crippen molar-refractivity contribution in [1.82, 2.24) is 4.98 Å². The highest BCUT2D eigenvalue weighted by Gasteiger charge is 2.20. The zero-order valence-corrected chi connectivity index (χ0v) is 14.2. The first-order valence-corrected chi connectivity index (χ1v) is 8.43. The monoisotopic (exact) mass is 341 g/mol. The molecule has 1 aromatic heterocycles. The molecule has 0 fully saturated rings. The molecule has 3 N–H and O–H groups in total. The minimum atomic E-state index is -0.371. The number of ketones is 1. The number of thioether (sulfide) groups is 1. The summed E-state index contributed by atoms with van der Waals surface area (Å²) in [6, 6.07) is 14.6. The molecule has 0 saturated heterocycles. The van der Waals surface area contributed by atoms with Crippen molar-refractivity contribution in [1.29, 1.82) is 5.26 Å². The number of aliphatic hydroxyl groups is 1. The number of nitrogens with zero attached hydrogens (tertiary/aromatic N) is 2. The number of aromatic nitrogens is 1. The molecular formula is C18H19N3O2S. The molecule has 0 amide bonds. The molecule has 0 radical (unpaired) electrons. The fraction of sp³-hybridized carbons (Fsp3) is 0.278. The zero-order valence-electron chi connectivity index (χ0n) is 13.3. The SMILES string of the molecule is CC(=O)c1ccc(C#N)c(S[C@H](C[C@H](N)CO)c2ccccc2)n1. The zero-order chi connectivity index (χ0) is 17.5. The summed E-state index contributed by atoms with van der Waals surface area (Å²) in [5.74, 6) is -0.148. The molecule has 0 saturated carbocycles. The van der Waals surface area contributed by atoms with Gasteiger partial charge >= 0.3 is 0 Å². The van der Waals surface area contributed by atoms with E-state index >= 15 is 0 Å². The highest BCUT2D eigenvalue weighted by Crippen LogP contribution is 2.38. The van der Waals surface area contributed by atoms with E-state index < -0.39 is 0 Å². The summed E-state index contributed by atoms with van der Waals surface area (Å²) in [5, 5.41) is 19.0. The molecule has 1 heterocycles. The lowest BCUT2D eigenvalue weighted by atomic mass is 10.1. The normalized spacial score (nSPS) is 13.1. The molecule has 0 unspecified atom stereocenters. The molecule has 1 aromatic carbocycles. The molecule has 2 atom stereocenters. The van der Waals surface area contributed by atoms with Crippen LogP contribution in [0.5, 0.6) is 0 Å². The van der Waals surface area contributed by atoms with Gasteiger partial charge in [-0.15, -0.1) is 0 Å². The Balaban J connectivity index is 2.37. The number of carbonyl (C=O) groups excluding carboxylic acids is 1. The molecule has 0 aliphatic rings. The van der Waals surface area contributed by atoms with Crippen molar-refractivity contribution in [2.45, 2.75) is 29.7 Å². The lowest BCUT2D eigenvalue weighted by molar-refractivity contribution is 0.101. The highest BCUT2D eigenvalue weighted by molar-refractivity contribution is 7.99. The van der Waals surface area contributed by atoms with Crippen LogP contribution in [0.25, 0.3) is 0 Å². The van der Waals surface area contributed by atoms with Crippen LogP contribution in [0, 0.1) is 11.3 Å². The summed E-state index contributed by atoms with van der Waals surface area (Å²) in [7, 11) is 0. The molecule has 0 bridgehead atoms. The number of pyridine rings is 1. The highest BCUT2D eigenvalue weighted by atomic mass is 32.2. The van der Waals surface area contributed by atoms with Gasteiger partial charge in [-0.25, -0.2) is 4.98 Å². The Labute approximate surface area is 145 Å². The Hall–Kier alpha value is -2.20. The average Bonchev–Trinajstić information content (AvgIpc) is 2.61. The van der Waals surface area contributed by atoms with Gasteiger partial charge in [-0.1, -0.05) is 42.1 Å². The van der Waals surface area contributed by atoms with E-state index in [-0.39, 0.29) is 23.7 Å². The van der Waals surface area contributed by atoms with E-state index in [2.05, 4.69) is 11.1 Å². The van der Waals surface area contributed by atoms with Gasteiger partial charge in [0.25, 0.3) is 0 Å². The number of nitrogens with two attached hydrogens (primary N) is 1. The van der Waals surface area contributed by atoms with E-state index in [1.165, 1.54) is 18.7 Å². The first-order chi connectivity index (χ1) is 11.5. The number of aliphatic hydroxyl groups excluding tert-OH is 1. The third-order valence-corrected chi connectivity index (χ3v) is 4.80. The van der Waals surface area contributed by atoms with Gasteiger partial charge in [-0.3, -0.25) is 4.79 Å². The predicted molar refractivity (Wildman–Crippen MR) is 93.7 cm³/mol. The van der Waals surface area contributed by atoms with Gasteiger partial charge in [-0.05, 0) is 24.1 Å². The molecule has 2 aromatic rings. The molecule has 24 heavy (non-hydrogen) atoms. The van der Waals surface area contributed by atoms with E-state index in [9.17, 15) is 15.2 Å². The molecule has 2 rings (SSSR count). The largest absolute Gasteiger partial charge is 0.395 e. The van der Waals surface area contributed by atoms with Gasteiger partial charge in [-0.2, -0.15) is 5.26 Å². The molecule has 6 heteroatoms. The Morgan fingerprint density at radius 3 is 2.62 bits per heavy atom. The second-order valence-corrected chi connectivity index (χ2v) is 6.60. The summed E-state index contributed by atoms with van der Waals surface area (Å²) in [6.07, 6.45) is 0.530. The number of hydrogen-bond donors (Lipinski definition) is 2. The fourth-order valence-electron chi connectivity index (χ4n) is 2.22. The maximum Gasteiger partial charge on any atom is 0.178 e. The Kier molecular flexibility index (Phi) is 6.50. The number of Topliss-reactive ketones (excluding diaryl/α,β-unsaturated/α-hetero) is 1. The molecule has 124 valence electrons. The van der Waals surface area contributed by atoms with E-state index in [0.717, 1.165) is 5.56 Å². The summed E-state index contributed by atoms with van der Waals surface area (Å²) in [6.45, 7) is 1.33. The third kappa shape index (κ3) is 4.65. The average molecular weight is 341 g/mol. The third-order valence-electron chi connectivity index (χ3n) is 3.52. The standard InChI is InChI=1S/C18H19N3O2S/c1-12(23)16-8-7-14(10-19)18(21-16)24-17(9-15(20)11-22)13-5-3-2-4-6-13/h2-8,15,17,22H,9,11,20H2,1H3/t15-,17+/m0/s1. The van der Waals surface area contributed by atoms with Crippen LogP contribution in [0.2, 0.25) is 0 Å². The number of nitriles is 1. The van der Waals surface area contributed by atoms with Crippen LogP contribution < -0.4 is 5.73 Å². The van der Waals surface area contributed by atoms with Gasteiger partial charge in [0.15, 0.2) is 5.78 Å². The van der Waals surface area contributed by atoms with Crippen LogP contribution in [0.1, 0.15) is 40.2 Å². The molecule has 5 nitrogen and oxygen atoms in total. The van der Waals surface area contributed by atoms with Crippen LogP contribution in [0.4, 0.5) is 0 Å². The van der Waals surface area contributed by atoms with Gasteiger partial charge < -0.3 is 10.8 Å². The van der Waals surface area contributed by atoms with Crippen LogP contribution in [-0.2, 0) is 0 Å². The van der Waals surface area contributed by atoms with Gasteiger partial charge in [0.05, 0.1) is 12.2 Å². The number of carbonyl (C=O) groups is 1. The first kappa shape index (κ1) is 18.1. The second kappa shape index (κ2) is 8.60. The first-order valence-electron chi connectivity index (χ1n) is 7.55. The minimum absolute atomic E-state index is 0.0739. The molecule has 0 aliphatic carbocycles. The van der Waals surface area contributed by atoms with E-state index in [4.69, 9.17) is 5.73 Å². The molecule has 0 aliphatic heterocycles. The van der Waals surface area contributed by atoms with Gasteiger partial charge in [0.2, 0.25) is 0 Å². The number of benzene rings is 1. The molecular weight excluding hydrogens is 322 g/mol. The van der Waals surface area contributed by atoms with Crippen LogP contribution in [0.15, 0.2) is 47.5 Å². The Bertz CT molecular complexity index is 744. The van der Waals surface area contributed by atoms with Crippen molar-refractivity contribution in [2.75, 3.05) is 6.61 Å². The quantitative estimate of drug-likeness (QED) is 0.593.